The first kappa shape index (κ1) is 16.2. The molecule has 0 amide bonds. The van der Waals surface area contributed by atoms with Crippen molar-refractivity contribution in [2.45, 2.75) is 85.5 Å². The molecule has 4 aliphatic rings. The second-order valence-corrected chi connectivity index (χ2v) is 10.7. The Hall–Kier alpha value is -0.260. The topological polar surface area (TPSA) is 0 Å². The molecule has 4 rings (SSSR count). The van der Waals surface area contributed by atoms with E-state index in [4.69, 9.17) is 0 Å². The summed E-state index contributed by atoms with van der Waals surface area (Å²) < 4.78 is 0. The first-order valence-corrected chi connectivity index (χ1v) is 10.6. The van der Waals surface area contributed by atoms with Gasteiger partial charge < -0.3 is 0 Å². The second-order valence-electron chi connectivity index (χ2n) is 10.7. The lowest BCUT2D eigenvalue weighted by Crippen LogP contribution is -2.41. The van der Waals surface area contributed by atoms with Gasteiger partial charge in [-0.15, -0.1) is 0 Å². The van der Waals surface area contributed by atoms with E-state index in [1.807, 2.05) is 0 Å². The van der Waals surface area contributed by atoms with Crippen LogP contribution in [0, 0.1) is 46.8 Å². The largest absolute Gasteiger partial charge is 0.0819 e. The molecule has 3 saturated carbocycles. The first-order valence-electron chi connectivity index (χ1n) is 10.6. The minimum atomic E-state index is 0.528. The highest BCUT2D eigenvalue weighted by Gasteiger charge is 2.50. The van der Waals surface area contributed by atoms with Gasteiger partial charge in [0.1, 0.15) is 0 Å². The quantitative estimate of drug-likeness (QED) is 0.464. The molecular formula is C23H38. The average Bonchev–Trinajstić information content (AvgIpc) is 3.08. The first-order chi connectivity index (χ1) is 10.9. The van der Waals surface area contributed by atoms with E-state index in [1.165, 1.54) is 38.5 Å². The van der Waals surface area contributed by atoms with Crippen LogP contribution in [0.2, 0.25) is 0 Å². The van der Waals surface area contributed by atoms with E-state index in [0.29, 0.717) is 5.41 Å². The van der Waals surface area contributed by atoms with E-state index in [0.717, 1.165) is 41.4 Å². The van der Waals surface area contributed by atoms with E-state index >= 15 is 0 Å². The Labute approximate surface area is 144 Å². The lowest BCUT2D eigenvalue weighted by atomic mass is 9.56. The molecular weight excluding hydrogens is 276 g/mol. The van der Waals surface area contributed by atoms with Gasteiger partial charge in [-0.3, -0.25) is 0 Å². The summed E-state index contributed by atoms with van der Waals surface area (Å²) in [6.07, 6.45) is 16.5. The third-order valence-electron chi connectivity index (χ3n) is 8.41. The molecule has 0 bridgehead atoms. The maximum atomic E-state index is 2.74. The van der Waals surface area contributed by atoms with Gasteiger partial charge in [-0.1, -0.05) is 45.3 Å². The SMILES string of the molecule is CC1=CC2C(C1)CC1CCCC1C2C1CCC(C(C)(C)C)CC1. The summed E-state index contributed by atoms with van der Waals surface area (Å²) in [6.45, 7) is 9.79. The fraction of sp³-hybridized carbons (Fsp3) is 0.913. The van der Waals surface area contributed by atoms with Crippen LogP contribution in [0.1, 0.15) is 85.5 Å². The van der Waals surface area contributed by atoms with Gasteiger partial charge in [-0.05, 0) is 98.7 Å². The number of fused-ring (bicyclic) bond motifs is 2. The van der Waals surface area contributed by atoms with Crippen molar-refractivity contribution in [3.8, 4) is 0 Å². The summed E-state index contributed by atoms with van der Waals surface area (Å²) in [6, 6.07) is 0. The van der Waals surface area contributed by atoms with Crippen LogP contribution >= 0.6 is 0 Å². The third kappa shape index (κ3) is 2.93. The number of rotatable bonds is 1. The number of allylic oxidation sites excluding steroid dienone is 2. The zero-order chi connectivity index (χ0) is 16.2. The molecule has 0 aromatic carbocycles. The van der Waals surface area contributed by atoms with Crippen LogP contribution in [-0.2, 0) is 0 Å². The van der Waals surface area contributed by atoms with Crippen LogP contribution < -0.4 is 0 Å². The molecule has 5 unspecified atom stereocenters. The lowest BCUT2D eigenvalue weighted by Gasteiger charge is -2.49. The van der Waals surface area contributed by atoms with Crippen LogP contribution in [0.15, 0.2) is 11.6 Å². The van der Waals surface area contributed by atoms with E-state index in [9.17, 15) is 0 Å². The number of hydrogen-bond donors (Lipinski definition) is 0. The molecule has 0 aliphatic heterocycles. The van der Waals surface area contributed by atoms with Gasteiger partial charge in [0, 0.05) is 0 Å². The van der Waals surface area contributed by atoms with Crippen LogP contribution in [-0.4, -0.2) is 0 Å². The van der Waals surface area contributed by atoms with E-state index in [1.54, 1.807) is 24.8 Å². The molecule has 3 fully saturated rings. The van der Waals surface area contributed by atoms with Crippen molar-refractivity contribution in [1.29, 1.82) is 0 Å². The van der Waals surface area contributed by atoms with Crippen LogP contribution in [0.5, 0.6) is 0 Å². The highest BCUT2D eigenvalue weighted by molar-refractivity contribution is 5.17. The summed E-state index contributed by atoms with van der Waals surface area (Å²) in [7, 11) is 0. The molecule has 0 radical (unpaired) electrons. The Balaban J connectivity index is 1.52. The predicted molar refractivity (Wildman–Crippen MR) is 99.2 cm³/mol. The van der Waals surface area contributed by atoms with Crippen molar-refractivity contribution < 1.29 is 0 Å². The molecule has 0 heteroatoms. The summed E-state index contributed by atoms with van der Waals surface area (Å²) in [5.41, 5.74) is 2.24. The van der Waals surface area contributed by atoms with Crippen molar-refractivity contribution in [1.82, 2.24) is 0 Å². The van der Waals surface area contributed by atoms with E-state index in [2.05, 4.69) is 33.8 Å². The van der Waals surface area contributed by atoms with Crippen molar-refractivity contribution in [2.24, 2.45) is 46.8 Å². The Morgan fingerprint density at radius 3 is 2.30 bits per heavy atom. The smallest absolute Gasteiger partial charge is 0.0166 e. The molecule has 5 atom stereocenters. The van der Waals surface area contributed by atoms with Gasteiger partial charge in [-0.25, -0.2) is 0 Å². The third-order valence-corrected chi connectivity index (χ3v) is 8.41. The molecule has 0 N–H and O–H groups in total. The van der Waals surface area contributed by atoms with Crippen molar-refractivity contribution >= 4 is 0 Å². The lowest BCUT2D eigenvalue weighted by molar-refractivity contribution is 0.0149. The molecule has 4 aliphatic carbocycles. The van der Waals surface area contributed by atoms with Crippen molar-refractivity contribution in [3.05, 3.63) is 11.6 Å². The number of hydrogen-bond acceptors (Lipinski definition) is 0. The molecule has 0 saturated heterocycles. The molecule has 23 heavy (non-hydrogen) atoms. The van der Waals surface area contributed by atoms with Gasteiger partial charge in [0.05, 0.1) is 0 Å². The zero-order valence-corrected chi connectivity index (χ0v) is 16.0. The molecule has 130 valence electrons. The van der Waals surface area contributed by atoms with E-state index < -0.39 is 0 Å². The van der Waals surface area contributed by atoms with Crippen molar-refractivity contribution in [3.63, 3.8) is 0 Å². The Morgan fingerprint density at radius 2 is 1.61 bits per heavy atom. The fourth-order valence-corrected chi connectivity index (χ4v) is 7.32. The fourth-order valence-electron chi connectivity index (χ4n) is 7.32. The van der Waals surface area contributed by atoms with Crippen molar-refractivity contribution in [2.75, 3.05) is 0 Å². The van der Waals surface area contributed by atoms with Gasteiger partial charge in [0.2, 0.25) is 0 Å². The molecule has 0 aromatic rings. The van der Waals surface area contributed by atoms with Gasteiger partial charge in [0.25, 0.3) is 0 Å². The van der Waals surface area contributed by atoms with Gasteiger partial charge >= 0.3 is 0 Å². The second kappa shape index (κ2) is 5.92. The molecule has 0 heterocycles. The van der Waals surface area contributed by atoms with Gasteiger partial charge in [0.15, 0.2) is 0 Å². The minimum Gasteiger partial charge on any atom is -0.0819 e. The Morgan fingerprint density at radius 1 is 0.870 bits per heavy atom. The monoisotopic (exact) mass is 314 g/mol. The zero-order valence-electron chi connectivity index (χ0n) is 16.0. The van der Waals surface area contributed by atoms with Gasteiger partial charge in [-0.2, -0.15) is 0 Å². The summed E-state index contributed by atoms with van der Waals surface area (Å²) >= 11 is 0. The average molecular weight is 315 g/mol. The highest BCUT2D eigenvalue weighted by atomic mass is 14.5. The molecule has 0 nitrogen and oxygen atoms in total. The standard InChI is InChI=1S/C23H38/c1-15-12-18-14-17-6-5-7-20(17)22(21(18)13-15)16-8-10-19(11-9-16)23(2,3)4/h13,16-22H,5-12,14H2,1-4H3. The summed E-state index contributed by atoms with van der Waals surface area (Å²) in [4.78, 5) is 0. The summed E-state index contributed by atoms with van der Waals surface area (Å²) in [5.74, 6) is 7.26. The molecule has 0 spiro atoms. The normalized spacial score (nSPS) is 47.1. The maximum absolute atomic E-state index is 2.74. The Kier molecular flexibility index (Phi) is 4.18. The van der Waals surface area contributed by atoms with E-state index in [-0.39, 0.29) is 0 Å². The maximum Gasteiger partial charge on any atom is -0.0166 e. The summed E-state index contributed by atoms with van der Waals surface area (Å²) in [5, 5.41) is 0. The van der Waals surface area contributed by atoms with Crippen LogP contribution in [0.4, 0.5) is 0 Å². The minimum absolute atomic E-state index is 0.528. The highest BCUT2D eigenvalue weighted by Crippen LogP contribution is 2.58. The molecule has 0 aromatic heterocycles. The van der Waals surface area contributed by atoms with Crippen LogP contribution in [0.25, 0.3) is 0 Å². The van der Waals surface area contributed by atoms with Crippen LogP contribution in [0.3, 0.4) is 0 Å². The predicted octanol–water partition coefficient (Wildman–Crippen LogP) is 6.86. The Bertz CT molecular complexity index is 457.